The number of hydrogen-bond acceptors (Lipinski definition) is 5. The molecule has 132 valence electrons. The van der Waals surface area contributed by atoms with Crippen LogP contribution >= 0.6 is 0 Å². The first-order valence-corrected chi connectivity index (χ1v) is 8.18. The minimum Gasteiger partial charge on any atom is -0.497 e. The second kappa shape index (κ2) is 6.59. The Kier molecular flexibility index (Phi) is 4.12. The molecule has 0 saturated carbocycles. The second-order valence-electron chi connectivity index (χ2n) is 6.07. The van der Waals surface area contributed by atoms with Gasteiger partial charge in [0.15, 0.2) is 5.82 Å². The average Bonchev–Trinajstić information content (AvgIpc) is 3.29. The van der Waals surface area contributed by atoms with Gasteiger partial charge in [-0.25, -0.2) is 4.39 Å². The summed E-state index contributed by atoms with van der Waals surface area (Å²) in [5.74, 6) is 0.884. The molecule has 7 heteroatoms. The number of amides is 1. The zero-order valence-electron chi connectivity index (χ0n) is 14.1. The Morgan fingerprint density at radius 3 is 2.77 bits per heavy atom. The third-order valence-corrected chi connectivity index (χ3v) is 4.39. The van der Waals surface area contributed by atoms with Crippen LogP contribution in [0.3, 0.4) is 0 Å². The molecule has 0 spiro atoms. The summed E-state index contributed by atoms with van der Waals surface area (Å²) >= 11 is 0. The first kappa shape index (κ1) is 16.3. The van der Waals surface area contributed by atoms with E-state index in [-0.39, 0.29) is 23.5 Å². The van der Waals surface area contributed by atoms with E-state index in [1.807, 2.05) is 24.3 Å². The third-order valence-electron chi connectivity index (χ3n) is 4.39. The SMILES string of the molecule is COc1ccc(N2CC(c3noc(-c4cccc(F)c4)n3)CC2=O)cc1. The fourth-order valence-electron chi connectivity index (χ4n) is 3.03. The third kappa shape index (κ3) is 3.03. The quantitative estimate of drug-likeness (QED) is 0.719. The van der Waals surface area contributed by atoms with Crippen molar-refractivity contribution in [3.63, 3.8) is 0 Å². The van der Waals surface area contributed by atoms with Crippen LogP contribution in [0, 0.1) is 5.82 Å². The molecule has 1 amide bonds. The molecule has 2 aromatic carbocycles. The van der Waals surface area contributed by atoms with Crippen molar-refractivity contribution in [2.45, 2.75) is 12.3 Å². The van der Waals surface area contributed by atoms with Crippen molar-refractivity contribution in [3.05, 3.63) is 60.2 Å². The number of anilines is 1. The van der Waals surface area contributed by atoms with Gasteiger partial charge in [0.2, 0.25) is 5.91 Å². The highest BCUT2D eigenvalue weighted by Crippen LogP contribution is 2.32. The van der Waals surface area contributed by atoms with E-state index >= 15 is 0 Å². The molecule has 1 saturated heterocycles. The molecule has 26 heavy (non-hydrogen) atoms. The lowest BCUT2D eigenvalue weighted by Gasteiger charge is -2.16. The van der Waals surface area contributed by atoms with Gasteiger partial charge in [0.05, 0.1) is 7.11 Å². The lowest BCUT2D eigenvalue weighted by molar-refractivity contribution is -0.117. The van der Waals surface area contributed by atoms with Gasteiger partial charge in [-0.3, -0.25) is 4.79 Å². The number of carbonyl (C=O) groups is 1. The van der Waals surface area contributed by atoms with Crippen LogP contribution in [0.1, 0.15) is 18.2 Å². The molecule has 6 nitrogen and oxygen atoms in total. The molecule has 1 unspecified atom stereocenters. The summed E-state index contributed by atoms with van der Waals surface area (Å²) in [5.41, 5.74) is 1.31. The monoisotopic (exact) mass is 353 g/mol. The van der Waals surface area contributed by atoms with E-state index < -0.39 is 0 Å². The summed E-state index contributed by atoms with van der Waals surface area (Å²) in [6.07, 6.45) is 0.300. The first-order valence-electron chi connectivity index (χ1n) is 8.18. The van der Waals surface area contributed by atoms with Crippen molar-refractivity contribution in [1.29, 1.82) is 0 Å². The van der Waals surface area contributed by atoms with E-state index in [2.05, 4.69) is 10.1 Å². The summed E-state index contributed by atoms with van der Waals surface area (Å²) < 4.78 is 23.7. The maximum absolute atomic E-state index is 13.4. The highest BCUT2D eigenvalue weighted by Gasteiger charge is 2.34. The van der Waals surface area contributed by atoms with Gasteiger partial charge in [-0.2, -0.15) is 4.98 Å². The van der Waals surface area contributed by atoms with Crippen LogP contribution in [0.15, 0.2) is 53.1 Å². The minimum atomic E-state index is -0.371. The molecule has 0 aliphatic carbocycles. The highest BCUT2D eigenvalue weighted by atomic mass is 19.1. The molecule has 1 atom stereocenters. The lowest BCUT2D eigenvalue weighted by Crippen LogP contribution is -2.24. The van der Waals surface area contributed by atoms with Crippen molar-refractivity contribution in [3.8, 4) is 17.2 Å². The predicted molar refractivity (Wildman–Crippen MR) is 92.4 cm³/mol. The number of aromatic nitrogens is 2. The zero-order chi connectivity index (χ0) is 18.1. The minimum absolute atomic E-state index is 0.00253. The summed E-state index contributed by atoms with van der Waals surface area (Å²) in [6.45, 7) is 0.466. The standard InChI is InChI=1S/C19H16FN3O3/c1-25-16-7-5-15(6-8-16)23-11-13(10-17(23)24)18-21-19(26-22-18)12-3-2-4-14(20)9-12/h2-9,13H,10-11H2,1H3. The van der Waals surface area contributed by atoms with Gasteiger partial charge in [-0.15, -0.1) is 0 Å². The van der Waals surface area contributed by atoms with E-state index in [1.165, 1.54) is 12.1 Å². The maximum atomic E-state index is 13.4. The number of methoxy groups -OCH3 is 1. The molecule has 1 fully saturated rings. The van der Waals surface area contributed by atoms with Crippen LogP contribution in [0.5, 0.6) is 5.75 Å². The Bertz CT molecular complexity index is 939. The van der Waals surface area contributed by atoms with E-state index in [0.717, 1.165) is 11.4 Å². The average molecular weight is 353 g/mol. The number of halogens is 1. The number of benzene rings is 2. The fraction of sp³-hybridized carbons (Fsp3) is 0.211. The highest BCUT2D eigenvalue weighted by molar-refractivity contribution is 5.96. The molecular formula is C19H16FN3O3. The van der Waals surface area contributed by atoms with Gasteiger partial charge in [0.1, 0.15) is 11.6 Å². The van der Waals surface area contributed by atoms with Gasteiger partial charge in [-0.05, 0) is 42.5 Å². The number of nitrogens with zero attached hydrogens (tertiary/aromatic N) is 3. The largest absolute Gasteiger partial charge is 0.497 e. The van der Waals surface area contributed by atoms with Crippen LogP contribution in [-0.4, -0.2) is 29.7 Å². The van der Waals surface area contributed by atoms with Crippen molar-refractivity contribution in [2.75, 3.05) is 18.6 Å². The smallest absolute Gasteiger partial charge is 0.258 e. The Labute approximate surface area is 149 Å². The second-order valence-corrected chi connectivity index (χ2v) is 6.07. The summed E-state index contributed by atoms with van der Waals surface area (Å²) in [6, 6.07) is 13.3. The van der Waals surface area contributed by atoms with Crippen LogP contribution in [-0.2, 0) is 4.79 Å². The van der Waals surface area contributed by atoms with Crippen LogP contribution < -0.4 is 9.64 Å². The molecule has 4 rings (SSSR count). The molecular weight excluding hydrogens is 337 g/mol. The summed E-state index contributed by atoms with van der Waals surface area (Å²) in [5, 5.41) is 3.99. The molecule has 2 heterocycles. The fourth-order valence-corrected chi connectivity index (χ4v) is 3.03. The van der Waals surface area contributed by atoms with Crippen molar-refractivity contribution in [1.82, 2.24) is 10.1 Å². The molecule has 3 aromatic rings. The van der Waals surface area contributed by atoms with Gasteiger partial charge in [0.25, 0.3) is 5.89 Å². The zero-order valence-corrected chi connectivity index (χ0v) is 14.1. The van der Waals surface area contributed by atoms with Crippen LogP contribution in [0.25, 0.3) is 11.5 Å². The van der Waals surface area contributed by atoms with Crippen molar-refractivity contribution >= 4 is 11.6 Å². The van der Waals surface area contributed by atoms with Gasteiger partial charge in [0, 0.05) is 30.1 Å². The number of rotatable bonds is 4. The Balaban J connectivity index is 1.53. The van der Waals surface area contributed by atoms with Crippen LogP contribution in [0.4, 0.5) is 10.1 Å². The van der Waals surface area contributed by atoms with Crippen LogP contribution in [0.2, 0.25) is 0 Å². The molecule has 1 aliphatic rings. The van der Waals surface area contributed by atoms with Gasteiger partial charge < -0.3 is 14.2 Å². The molecule has 0 N–H and O–H groups in total. The molecule has 0 radical (unpaired) electrons. The number of hydrogen-bond donors (Lipinski definition) is 0. The normalized spacial score (nSPS) is 16.9. The molecule has 0 bridgehead atoms. The Morgan fingerprint density at radius 1 is 1.23 bits per heavy atom. The summed E-state index contributed by atoms with van der Waals surface area (Å²) in [7, 11) is 1.60. The van der Waals surface area contributed by atoms with E-state index in [0.29, 0.717) is 24.4 Å². The molecule has 1 aliphatic heterocycles. The van der Waals surface area contributed by atoms with Gasteiger partial charge >= 0.3 is 0 Å². The number of carbonyl (C=O) groups excluding carboxylic acids is 1. The van der Waals surface area contributed by atoms with Gasteiger partial charge in [-0.1, -0.05) is 11.2 Å². The number of ether oxygens (including phenoxy) is 1. The van der Waals surface area contributed by atoms with Crippen molar-refractivity contribution in [2.24, 2.45) is 0 Å². The predicted octanol–water partition coefficient (Wildman–Crippen LogP) is 3.40. The lowest BCUT2D eigenvalue weighted by atomic mass is 10.1. The first-order chi connectivity index (χ1) is 12.6. The topological polar surface area (TPSA) is 68.5 Å². The van der Waals surface area contributed by atoms with E-state index in [1.54, 1.807) is 24.1 Å². The van der Waals surface area contributed by atoms with E-state index in [4.69, 9.17) is 9.26 Å². The van der Waals surface area contributed by atoms with Crippen molar-refractivity contribution < 1.29 is 18.4 Å². The van der Waals surface area contributed by atoms with E-state index in [9.17, 15) is 9.18 Å². The maximum Gasteiger partial charge on any atom is 0.258 e. The molecule has 1 aromatic heterocycles. The Hall–Kier alpha value is -3.22. The Morgan fingerprint density at radius 2 is 2.04 bits per heavy atom. The summed E-state index contributed by atoms with van der Waals surface area (Å²) in [4.78, 5) is 18.4.